The van der Waals surface area contributed by atoms with Crippen molar-refractivity contribution in [3.05, 3.63) is 50.4 Å². The Hall–Kier alpha value is -3.91. The summed E-state index contributed by atoms with van der Waals surface area (Å²) in [6.07, 6.45) is 6.05. The van der Waals surface area contributed by atoms with Gasteiger partial charge in [-0.15, -0.1) is 6.42 Å². The predicted octanol–water partition coefficient (Wildman–Crippen LogP) is 1.36. The van der Waals surface area contributed by atoms with Crippen LogP contribution in [0.4, 0.5) is 0 Å². The molecule has 2 aromatic heterocycles. The third kappa shape index (κ3) is 3.56. The zero-order chi connectivity index (χ0) is 21.8. The number of nitrogens with zero attached hydrogens (tertiary/aromatic N) is 4. The molecule has 0 amide bonds. The number of aryl methyl sites for hydroxylation is 2. The summed E-state index contributed by atoms with van der Waals surface area (Å²) in [6.45, 7) is 2.25. The largest absolute Gasteiger partial charge is 0.493 e. The molecule has 8 nitrogen and oxygen atoms in total. The summed E-state index contributed by atoms with van der Waals surface area (Å²) in [5, 5.41) is 0. The van der Waals surface area contributed by atoms with Gasteiger partial charge in [0.05, 0.1) is 20.8 Å². The second kappa shape index (κ2) is 8.62. The molecule has 1 aromatic carbocycles. The minimum absolute atomic E-state index is 0.102. The lowest BCUT2D eigenvalue weighted by molar-refractivity contribution is 0.355. The second-order valence-electron chi connectivity index (χ2n) is 6.52. The van der Waals surface area contributed by atoms with E-state index in [4.69, 9.17) is 15.9 Å². The molecule has 30 heavy (non-hydrogen) atoms. The molecule has 0 saturated heterocycles. The zero-order valence-electron chi connectivity index (χ0n) is 17.4. The van der Waals surface area contributed by atoms with Crippen molar-refractivity contribution in [2.75, 3.05) is 14.2 Å². The number of fused-ring (bicyclic) bond motifs is 1. The van der Waals surface area contributed by atoms with E-state index < -0.39 is 11.2 Å². The van der Waals surface area contributed by atoms with Crippen LogP contribution in [0.3, 0.4) is 0 Å². The average molecular weight is 406 g/mol. The van der Waals surface area contributed by atoms with Gasteiger partial charge in [-0.25, -0.2) is 14.3 Å². The molecule has 2 heterocycles. The van der Waals surface area contributed by atoms with Crippen molar-refractivity contribution in [1.82, 2.24) is 18.7 Å². The van der Waals surface area contributed by atoms with Gasteiger partial charge in [0.15, 0.2) is 28.5 Å². The molecule has 8 heteroatoms. The molecule has 0 aliphatic heterocycles. The Balaban J connectivity index is 2.20. The van der Waals surface area contributed by atoms with E-state index in [2.05, 4.69) is 22.7 Å². The maximum atomic E-state index is 12.9. The molecule has 0 aliphatic rings. The first kappa shape index (κ1) is 20.8. The summed E-state index contributed by atoms with van der Waals surface area (Å²) in [4.78, 5) is 30.1. The maximum Gasteiger partial charge on any atom is 0.333 e. The van der Waals surface area contributed by atoms with Crippen LogP contribution >= 0.6 is 0 Å². The number of ether oxygens (including phenoxy) is 2. The van der Waals surface area contributed by atoms with Gasteiger partial charge >= 0.3 is 5.69 Å². The van der Waals surface area contributed by atoms with Gasteiger partial charge in [0.25, 0.3) is 5.56 Å². The number of methoxy groups -OCH3 is 2. The standard InChI is InChI=1S/C22H22N4O4/c1-6-12-25-20-19(21(27)26(13-7-2)22(25)28)24(3)18(23-20)11-9-15-8-10-16(29-4)17(14-15)30-5/h2,8,10,14H,6,12-13H2,1,3-5H3. The molecule has 0 radical (unpaired) electrons. The first-order valence-electron chi connectivity index (χ1n) is 9.34. The summed E-state index contributed by atoms with van der Waals surface area (Å²) in [5.41, 5.74) is 0.337. The monoisotopic (exact) mass is 406 g/mol. The van der Waals surface area contributed by atoms with E-state index in [1.54, 1.807) is 44.0 Å². The first-order chi connectivity index (χ1) is 14.5. The highest BCUT2D eigenvalue weighted by molar-refractivity contribution is 5.72. The average Bonchev–Trinajstić information content (AvgIpc) is 3.08. The van der Waals surface area contributed by atoms with E-state index in [1.807, 2.05) is 6.92 Å². The van der Waals surface area contributed by atoms with Gasteiger partial charge in [-0.1, -0.05) is 18.8 Å². The number of aromatic nitrogens is 4. The minimum atomic E-state index is -0.477. The fourth-order valence-electron chi connectivity index (χ4n) is 3.17. The van der Waals surface area contributed by atoms with E-state index in [-0.39, 0.29) is 12.1 Å². The Kier molecular flexibility index (Phi) is 5.98. The Morgan fingerprint density at radius 1 is 1.10 bits per heavy atom. The van der Waals surface area contributed by atoms with Gasteiger partial charge < -0.3 is 14.0 Å². The zero-order valence-corrected chi connectivity index (χ0v) is 17.4. The van der Waals surface area contributed by atoms with E-state index in [0.29, 0.717) is 41.5 Å². The van der Waals surface area contributed by atoms with Crippen molar-refractivity contribution >= 4 is 11.2 Å². The van der Waals surface area contributed by atoms with Gasteiger partial charge in [-0.3, -0.25) is 9.36 Å². The highest BCUT2D eigenvalue weighted by Gasteiger charge is 2.18. The number of imidazole rings is 1. The summed E-state index contributed by atoms with van der Waals surface area (Å²) >= 11 is 0. The molecule has 3 aromatic rings. The first-order valence-corrected chi connectivity index (χ1v) is 9.34. The SMILES string of the molecule is C#CCn1c(=O)c2c(nc(C#Cc3ccc(OC)c(OC)c3)n2C)n(CCC)c1=O. The summed E-state index contributed by atoms with van der Waals surface area (Å²) in [5.74, 6) is 9.88. The van der Waals surface area contributed by atoms with Crippen LogP contribution < -0.4 is 20.7 Å². The van der Waals surface area contributed by atoms with E-state index in [0.717, 1.165) is 4.57 Å². The summed E-state index contributed by atoms with van der Waals surface area (Å²) in [7, 11) is 4.80. The molecular weight excluding hydrogens is 384 g/mol. The molecule has 0 N–H and O–H groups in total. The van der Waals surface area contributed by atoms with Gasteiger partial charge in [-0.05, 0) is 30.5 Å². The number of benzene rings is 1. The van der Waals surface area contributed by atoms with Crippen LogP contribution in [0.5, 0.6) is 11.5 Å². The number of terminal acetylenes is 1. The van der Waals surface area contributed by atoms with Crippen molar-refractivity contribution in [1.29, 1.82) is 0 Å². The lowest BCUT2D eigenvalue weighted by Crippen LogP contribution is -2.40. The van der Waals surface area contributed by atoms with E-state index in [1.165, 1.54) is 4.57 Å². The number of rotatable bonds is 5. The van der Waals surface area contributed by atoms with Crippen LogP contribution in [-0.4, -0.2) is 32.9 Å². The lowest BCUT2D eigenvalue weighted by atomic mass is 10.2. The topological polar surface area (TPSA) is 80.3 Å². The van der Waals surface area contributed by atoms with Gasteiger partial charge in [0, 0.05) is 19.2 Å². The van der Waals surface area contributed by atoms with Crippen LogP contribution in [0.2, 0.25) is 0 Å². The molecule has 0 aliphatic carbocycles. The molecule has 0 atom stereocenters. The quantitative estimate of drug-likeness (QED) is 0.598. The third-order valence-corrected chi connectivity index (χ3v) is 4.64. The van der Waals surface area contributed by atoms with Crippen LogP contribution in [0.15, 0.2) is 27.8 Å². The molecular formula is C22H22N4O4. The Labute approximate surface area is 173 Å². The van der Waals surface area contributed by atoms with Crippen LogP contribution in [0, 0.1) is 24.2 Å². The van der Waals surface area contributed by atoms with Gasteiger partial charge in [-0.2, -0.15) is 0 Å². The molecule has 154 valence electrons. The van der Waals surface area contributed by atoms with Crippen molar-refractivity contribution in [2.45, 2.75) is 26.4 Å². The fourth-order valence-corrected chi connectivity index (χ4v) is 3.17. The highest BCUT2D eigenvalue weighted by atomic mass is 16.5. The minimum Gasteiger partial charge on any atom is -0.493 e. The van der Waals surface area contributed by atoms with Gasteiger partial charge in [0.2, 0.25) is 0 Å². The Bertz CT molecular complexity index is 1330. The Morgan fingerprint density at radius 2 is 1.83 bits per heavy atom. The normalized spacial score (nSPS) is 10.4. The van der Waals surface area contributed by atoms with E-state index in [9.17, 15) is 9.59 Å². The van der Waals surface area contributed by atoms with Crippen molar-refractivity contribution < 1.29 is 9.47 Å². The van der Waals surface area contributed by atoms with Crippen molar-refractivity contribution in [3.63, 3.8) is 0 Å². The van der Waals surface area contributed by atoms with Gasteiger partial charge in [0.1, 0.15) is 0 Å². The molecule has 3 rings (SSSR count). The summed E-state index contributed by atoms with van der Waals surface area (Å²) in [6, 6.07) is 5.31. The predicted molar refractivity (Wildman–Crippen MR) is 114 cm³/mol. The number of hydrogen-bond donors (Lipinski definition) is 0. The second-order valence-corrected chi connectivity index (χ2v) is 6.52. The fraction of sp³-hybridized carbons (Fsp3) is 0.318. The molecule has 0 spiro atoms. The van der Waals surface area contributed by atoms with Crippen LogP contribution in [0.1, 0.15) is 24.7 Å². The highest BCUT2D eigenvalue weighted by Crippen LogP contribution is 2.27. The summed E-state index contributed by atoms with van der Waals surface area (Å²) < 4.78 is 14.6. The van der Waals surface area contributed by atoms with Crippen molar-refractivity contribution in [2.24, 2.45) is 7.05 Å². The Morgan fingerprint density at radius 3 is 2.47 bits per heavy atom. The third-order valence-electron chi connectivity index (χ3n) is 4.64. The maximum absolute atomic E-state index is 12.9. The molecule has 0 bridgehead atoms. The molecule has 0 fully saturated rings. The smallest absolute Gasteiger partial charge is 0.333 e. The van der Waals surface area contributed by atoms with E-state index >= 15 is 0 Å². The van der Waals surface area contributed by atoms with Crippen LogP contribution in [0.25, 0.3) is 11.2 Å². The van der Waals surface area contributed by atoms with Crippen molar-refractivity contribution in [3.8, 4) is 35.7 Å². The lowest BCUT2D eigenvalue weighted by Gasteiger charge is -2.08. The molecule has 0 unspecified atom stereocenters. The number of hydrogen-bond acceptors (Lipinski definition) is 5. The molecule has 0 saturated carbocycles. The van der Waals surface area contributed by atoms with Crippen LogP contribution in [-0.2, 0) is 20.1 Å².